The third-order valence-corrected chi connectivity index (χ3v) is 5.46. The van der Waals surface area contributed by atoms with Gasteiger partial charge < -0.3 is 5.11 Å². The summed E-state index contributed by atoms with van der Waals surface area (Å²) >= 11 is 7.47. The molecular weight excluding hydrogens is 426 g/mol. The summed E-state index contributed by atoms with van der Waals surface area (Å²) in [6.07, 6.45) is 1.58. The van der Waals surface area contributed by atoms with Crippen molar-refractivity contribution in [3.05, 3.63) is 74.7 Å². The number of carbonyl (C=O) groups excluding carboxylic acids is 2. The molecule has 4 rings (SSSR count). The van der Waals surface area contributed by atoms with Gasteiger partial charge in [0.1, 0.15) is 5.75 Å². The van der Waals surface area contributed by atoms with Crippen LogP contribution < -0.4 is 10.9 Å². The first-order valence-corrected chi connectivity index (χ1v) is 10.1. The van der Waals surface area contributed by atoms with Crippen molar-refractivity contribution in [3.63, 3.8) is 0 Å². The van der Waals surface area contributed by atoms with Gasteiger partial charge in [-0.05, 0) is 42.6 Å². The Bertz CT molecular complexity index is 1250. The van der Waals surface area contributed by atoms with E-state index >= 15 is 0 Å². The molecule has 3 N–H and O–H groups in total. The molecule has 152 valence electrons. The van der Waals surface area contributed by atoms with Crippen LogP contribution in [0.15, 0.2) is 48.0 Å². The van der Waals surface area contributed by atoms with Gasteiger partial charge in [0.25, 0.3) is 11.8 Å². The monoisotopic (exact) mass is 441 g/mol. The lowest BCUT2D eigenvalue weighted by Crippen LogP contribution is -2.41. The molecule has 4 aromatic rings. The highest BCUT2D eigenvalue weighted by Gasteiger charge is 2.18. The topological polar surface area (TPSA) is 109 Å². The van der Waals surface area contributed by atoms with Crippen molar-refractivity contribution in [1.29, 1.82) is 0 Å². The minimum absolute atomic E-state index is 0.0531. The Labute approximate surface area is 180 Å². The minimum atomic E-state index is -0.696. The van der Waals surface area contributed by atoms with Crippen LogP contribution in [-0.2, 0) is 6.54 Å². The van der Waals surface area contributed by atoms with Crippen molar-refractivity contribution in [2.24, 2.45) is 0 Å². The van der Waals surface area contributed by atoms with E-state index in [0.29, 0.717) is 28.8 Å². The van der Waals surface area contributed by atoms with E-state index in [1.165, 1.54) is 18.2 Å². The van der Waals surface area contributed by atoms with E-state index < -0.39 is 11.8 Å². The number of benzene rings is 1. The summed E-state index contributed by atoms with van der Waals surface area (Å²) in [7, 11) is 0. The maximum absolute atomic E-state index is 12.7. The standard InChI is InChI=1S/C20H16ClN5O3S/c1-11-7-14(16-9-22-26(18(16)23-11)10-13-3-2-6-30-13)19(28)24-25-20(29)15-8-12(21)4-5-17(15)27/h2-9,27H,10H2,1H3,(H,24,28)(H,25,29). The second kappa shape index (κ2) is 8.13. The van der Waals surface area contributed by atoms with Crippen molar-refractivity contribution in [2.45, 2.75) is 13.5 Å². The van der Waals surface area contributed by atoms with E-state index in [-0.39, 0.29) is 16.3 Å². The molecule has 10 heteroatoms. The van der Waals surface area contributed by atoms with E-state index in [1.807, 2.05) is 17.5 Å². The van der Waals surface area contributed by atoms with Crippen LogP contribution in [-0.4, -0.2) is 31.7 Å². The summed E-state index contributed by atoms with van der Waals surface area (Å²) in [4.78, 5) is 30.7. The lowest BCUT2D eigenvalue weighted by atomic mass is 10.1. The van der Waals surface area contributed by atoms with Gasteiger partial charge in [0.2, 0.25) is 0 Å². The Hall–Kier alpha value is -3.43. The number of halogens is 1. The average molecular weight is 442 g/mol. The highest BCUT2D eigenvalue weighted by atomic mass is 35.5. The molecular formula is C20H16ClN5O3S. The predicted octanol–water partition coefficient (Wildman–Crippen LogP) is 3.28. The van der Waals surface area contributed by atoms with Gasteiger partial charge in [0.15, 0.2) is 5.65 Å². The summed E-state index contributed by atoms with van der Waals surface area (Å²) in [6.45, 7) is 2.32. The van der Waals surface area contributed by atoms with Crippen molar-refractivity contribution >= 4 is 45.8 Å². The number of aryl methyl sites for hydroxylation is 1. The van der Waals surface area contributed by atoms with E-state index in [9.17, 15) is 14.7 Å². The summed E-state index contributed by atoms with van der Waals surface area (Å²) < 4.78 is 1.73. The van der Waals surface area contributed by atoms with Crippen LogP contribution in [0.3, 0.4) is 0 Å². The number of phenolic OH excluding ortho intramolecular Hbond substituents is 1. The first kappa shape index (κ1) is 19.9. The molecule has 1 aromatic carbocycles. The third-order valence-electron chi connectivity index (χ3n) is 4.36. The fourth-order valence-electron chi connectivity index (χ4n) is 2.96. The highest BCUT2D eigenvalue weighted by Crippen LogP contribution is 2.22. The number of nitrogens with zero attached hydrogens (tertiary/aromatic N) is 3. The second-order valence-electron chi connectivity index (χ2n) is 6.50. The van der Waals surface area contributed by atoms with Crippen LogP contribution >= 0.6 is 22.9 Å². The van der Waals surface area contributed by atoms with Gasteiger partial charge in [-0.15, -0.1) is 11.3 Å². The number of hydrazine groups is 1. The Morgan fingerprint density at radius 3 is 2.67 bits per heavy atom. The van der Waals surface area contributed by atoms with Crippen LogP contribution in [0.1, 0.15) is 31.3 Å². The molecule has 0 radical (unpaired) electrons. The number of phenols is 1. The molecule has 0 unspecified atom stereocenters. The smallest absolute Gasteiger partial charge is 0.273 e. The molecule has 2 amide bonds. The van der Waals surface area contributed by atoms with Crippen LogP contribution in [0, 0.1) is 6.92 Å². The normalized spacial score (nSPS) is 10.9. The fourth-order valence-corrected chi connectivity index (χ4v) is 3.82. The van der Waals surface area contributed by atoms with Crippen molar-refractivity contribution in [2.75, 3.05) is 0 Å². The predicted molar refractivity (Wildman–Crippen MR) is 114 cm³/mol. The maximum Gasteiger partial charge on any atom is 0.273 e. The van der Waals surface area contributed by atoms with Gasteiger partial charge in [0.05, 0.1) is 29.3 Å². The van der Waals surface area contributed by atoms with Crippen molar-refractivity contribution < 1.29 is 14.7 Å². The average Bonchev–Trinajstić information content (AvgIpc) is 3.38. The van der Waals surface area contributed by atoms with Gasteiger partial charge in [-0.3, -0.25) is 20.4 Å². The first-order valence-electron chi connectivity index (χ1n) is 8.87. The molecule has 0 saturated carbocycles. The number of fused-ring (bicyclic) bond motifs is 1. The molecule has 0 aliphatic heterocycles. The lowest BCUT2D eigenvalue weighted by molar-refractivity contribution is 0.0846. The quantitative estimate of drug-likeness (QED) is 0.421. The molecule has 0 aliphatic rings. The summed E-state index contributed by atoms with van der Waals surface area (Å²) in [5.41, 5.74) is 6.14. The maximum atomic E-state index is 12.7. The number of rotatable bonds is 4. The summed E-state index contributed by atoms with van der Waals surface area (Å²) in [5, 5.41) is 17.0. The number of thiophene rings is 1. The van der Waals surface area contributed by atoms with E-state index in [2.05, 4.69) is 20.9 Å². The Morgan fingerprint density at radius 1 is 1.17 bits per heavy atom. The largest absolute Gasteiger partial charge is 0.507 e. The number of aromatic hydroxyl groups is 1. The van der Waals surface area contributed by atoms with Gasteiger partial charge in [-0.25, -0.2) is 9.67 Å². The fraction of sp³-hybridized carbons (Fsp3) is 0.100. The SMILES string of the molecule is Cc1cc(C(=O)NNC(=O)c2cc(Cl)ccc2O)c2cnn(Cc3cccs3)c2n1. The van der Waals surface area contributed by atoms with E-state index in [1.54, 1.807) is 35.2 Å². The summed E-state index contributed by atoms with van der Waals surface area (Å²) in [5.74, 6) is -1.47. The van der Waals surface area contributed by atoms with Crippen molar-refractivity contribution in [1.82, 2.24) is 25.6 Å². The van der Waals surface area contributed by atoms with Crippen LogP contribution in [0.25, 0.3) is 11.0 Å². The zero-order chi connectivity index (χ0) is 21.3. The van der Waals surface area contributed by atoms with Gasteiger partial charge in [0, 0.05) is 15.6 Å². The zero-order valence-electron chi connectivity index (χ0n) is 15.7. The van der Waals surface area contributed by atoms with Crippen LogP contribution in [0.2, 0.25) is 5.02 Å². The molecule has 0 atom stereocenters. The molecule has 0 aliphatic carbocycles. The number of hydrogen-bond donors (Lipinski definition) is 3. The Balaban J connectivity index is 1.56. The molecule has 0 saturated heterocycles. The number of carbonyl (C=O) groups is 2. The van der Waals surface area contributed by atoms with Crippen LogP contribution in [0.4, 0.5) is 0 Å². The highest BCUT2D eigenvalue weighted by molar-refractivity contribution is 7.09. The number of pyridine rings is 1. The third kappa shape index (κ3) is 3.98. The molecule has 0 bridgehead atoms. The van der Waals surface area contributed by atoms with Gasteiger partial charge in [-0.2, -0.15) is 5.10 Å². The zero-order valence-corrected chi connectivity index (χ0v) is 17.3. The van der Waals surface area contributed by atoms with E-state index in [0.717, 1.165) is 4.88 Å². The molecule has 3 heterocycles. The van der Waals surface area contributed by atoms with Crippen molar-refractivity contribution in [3.8, 4) is 5.75 Å². The molecule has 0 fully saturated rings. The first-order chi connectivity index (χ1) is 14.4. The van der Waals surface area contributed by atoms with Gasteiger partial charge >= 0.3 is 0 Å². The number of amides is 2. The molecule has 8 nitrogen and oxygen atoms in total. The summed E-state index contributed by atoms with van der Waals surface area (Å²) in [6, 6.07) is 9.65. The minimum Gasteiger partial charge on any atom is -0.507 e. The van der Waals surface area contributed by atoms with Crippen LogP contribution in [0.5, 0.6) is 5.75 Å². The molecule has 30 heavy (non-hydrogen) atoms. The Morgan fingerprint density at radius 2 is 1.93 bits per heavy atom. The second-order valence-corrected chi connectivity index (χ2v) is 7.97. The number of nitrogens with one attached hydrogen (secondary N) is 2. The molecule has 0 spiro atoms. The number of hydrogen-bond acceptors (Lipinski definition) is 6. The van der Waals surface area contributed by atoms with E-state index in [4.69, 9.17) is 11.6 Å². The molecule has 3 aromatic heterocycles. The van der Waals surface area contributed by atoms with Gasteiger partial charge in [-0.1, -0.05) is 17.7 Å². The Kier molecular flexibility index (Phi) is 5.39. The number of aromatic nitrogens is 3. The lowest BCUT2D eigenvalue weighted by Gasteiger charge is -2.10.